The minimum atomic E-state index is -4.71. The average molecular weight is 797 g/mol. The van der Waals surface area contributed by atoms with E-state index in [1.165, 1.54) is 0 Å². The maximum absolute atomic E-state index is 14.6. The van der Waals surface area contributed by atoms with Crippen LogP contribution in [0.4, 0.5) is 0 Å². The van der Waals surface area contributed by atoms with E-state index in [4.69, 9.17) is 9.05 Å². The second-order valence-corrected chi connectivity index (χ2v) is 17.8. The summed E-state index contributed by atoms with van der Waals surface area (Å²) in [5.74, 6) is 0.919. The highest BCUT2D eigenvalue weighted by molar-refractivity contribution is 7.48. The molecule has 7 heteroatoms. The van der Waals surface area contributed by atoms with Crippen molar-refractivity contribution < 1.29 is 18.5 Å². The summed E-state index contributed by atoms with van der Waals surface area (Å²) < 4.78 is 32.0. The number of phosphoric acid groups is 1. The quantitative estimate of drug-likeness (QED) is 0.180. The molecule has 1 spiro atoms. The molecular formula is C53H37N2O4P. The second-order valence-electron chi connectivity index (χ2n) is 16.5. The van der Waals surface area contributed by atoms with Crippen LogP contribution in [-0.2, 0) is 22.8 Å². The normalized spacial score (nSPS) is 15.8. The number of phosphoric ester groups is 1. The molecule has 3 aliphatic rings. The molecule has 2 aromatic heterocycles. The van der Waals surface area contributed by atoms with Crippen LogP contribution in [0.5, 0.6) is 11.5 Å². The number of benzene rings is 8. The molecule has 0 saturated heterocycles. The van der Waals surface area contributed by atoms with E-state index in [1.807, 2.05) is 12.1 Å². The fourth-order valence-electron chi connectivity index (χ4n) is 11.0. The molecule has 0 bridgehead atoms. The van der Waals surface area contributed by atoms with Crippen molar-refractivity contribution in [2.75, 3.05) is 0 Å². The van der Waals surface area contributed by atoms with Crippen molar-refractivity contribution in [1.29, 1.82) is 0 Å². The predicted molar refractivity (Wildman–Crippen MR) is 241 cm³/mol. The van der Waals surface area contributed by atoms with Crippen LogP contribution in [0.1, 0.15) is 35.1 Å². The van der Waals surface area contributed by atoms with Crippen LogP contribution in [0, 0.1) is 0 Å². The van der Waals surface area contributed by atoms with Gasteiger partial charge in [-0.25, -0.2) is 4.57 Å². The summed E-state index contributed by atoms with van der Waals surface area (Å²) >= 11 is 0. The second kappa shape index (κ2) is 12.3. The molecule has 6 nitrogen and oxygen atoms in total. The zero-order valence-electron chi connectivity index (χ0n) is 32.5. The van der Waals surface area contributed by atoms with Crippen LogP contribution < -0.4 is 9.05 Å². The Morgan fingerprint density at radius 2 is 0.883 bits per heavy atom. The highest BCUT2D eigenvalue weighted by Gasteiger charge is 2.52. The first kappa shape index (κ1) is 34.1. The molecule has 1 aliphatic heterocycles. The minimum absolute atomic E-state index is 0.428. The van der Waals surface area contributed by atoms with E-state index in [-0.39, 0.29) is 0 Å². The Morgan fingerprint density at radius 1 is 0.467 bits per heavy atom. The molecule has 0 unspecified atom stereocenters. The van der Waals surface area contributed by atoms with Gasteiger partial charge in [-0.1, -0.05) is 109 Å². The van der Waals surface area contributed by atoms with Crippen LogP contribution in [0.2, 0.25) is 0 Å². The van der Waals surface area contributed by atoms with E-state index in [0.717, 1.165) is 125 Å². The molecule has 0 fully saturated rings. The molecule has 0 atom stereocenters. The van der Waals surface area contributed by atoms with Gasteiger partial charge in [-0.3, -0.25) is 4.89 Å². The fraction of sp³-hybridized carbons (Fsp3) is 0.0943. The van der Waals surface area contributed by atoms with Crippen LogP contribution in [-0.4, -0.2) is 14.0 Å². The van der Waals surface area contributed by atoms with Crippen molar-refractivity contribution in [2.24, 2.45) is 0 Å². The maximum atomic E-state index is 14.6. The topological polar surface area (TPSA) is 65.6 Å². The predicted octanol–water partition coefficient (Wildman–Crippen LogP) is 13.3. The van der Waals surface area contributed by atoms with Crippen molar-refractivity contribution in [1.82, 2.24) is 9.13 Å². The fourth-order valence-corrected chi connectivity index (χ4v) is 11.9. The van der Waals surface area contributed by atoms with E-state index in [9.17, 15) is 9.46 Å². The van der Waals surface area contributed by atoms with Crippen LogP contribution in [0.25, 0.3) is 77.2 Å². The monoisotopic (exact) mass is 796 g/mol. The first-order valence-electron chi connectivity index (χ1n) is 20.7. The summed E-state index contributed by atoms with van der Waals surface area (Å²) in [5, 5.41) is 4.48. The van der Waals surface area contributed by atoms with Gasteiger partial charge in [0, 0.05) is 60.6 Å². The van der Waals surface area contributed by atoms with Gasteiger partial charge in [0.2, 0.25) is 0 Å². The van der Waals surface area contributed by atoms with Gasteiger partial charge in [-0.2, -0.15) is 0 Å². The molecule has 60 heavy (non-hydrogen) atoms. The van der Waals surface area contributed by atoms with Gasteiger partial charge in [-0.05, 0) is 109 Å². The summed E-state index contributed by atoms with van der Waals surface area (Å²) in [7, 11) is -4.71. The molecule has 3 heterocycles. The third-order valence-electron chi connectivity index (χ3n) is 13.5. The standard InChI is InChI=1S/C53H37N2O4P/c56-60(57)58-51-39(35-21-25-47-43(31-35)41-15-7-9-17-45(41)54(47)37-11-3-1-4-12-37)23-19-33-27-29-53(49(33)51)30-28-34-20-24-40(52(59-60)50(34)53)36-22-26-48-44(32-36)42-16-8-10-18-46(42)55(48)38-13-5-2-6-14-38/h1-26,31-32H,27-30H2,(H,56,57). The smallest absolute Gasteiger partial charge is 0.394 e. The molecule has 8 aromatic carbocycles. The lowest BCUT2D eigenvalue weighted by Crippen LogP contribution is -2.25. The minimum Gasteiger partial charge on any atom is -0.394 e. The Balaban J connectivity index is 1.00. The number of hydrogen-bond acceptors (Lipinski definition) is 3. The van der Waals surface area contributed by atoms with Crippen molar-refractivity contribution in [3.63, 3.8) is 0 Å². The highest BCUT2D eigenvalue weighted by atomic mass is 31.2. The molecule has 0 amide bonds. The molecule has 13 rings (SSSR count). The zero-order chi connectivity index (χ0) is 39.7. The van der Waals surface area contributed by atoms with Crippen LogP contribution in [0.15, 0.2) is 170 Å². The van der Waals surface area contributed by atoms with E-state index in [2.05, 4.69) is 167 Å². The third-order valence-corrected chi connectivity index (χ3v) is 14.3. The number of nitrogens with zero attached hydrogens (tertiary/aromatic N) is 2. The lowest BCUT2D eigenvalue weighted by molar-refractivity contribution is 0.281. The number of aryl methyl sites for hydroxylation is 2. The Kier molecular flexibility index (Phi) is 7.00. The highest BCUT2D eigenvalue weighted by Crippen LogP contribution is 2.65. The Labute approximate surface area is 346 Å². The largest absolute Gasteiger partial charge is 0.584 e. The molecule has 0 radical (unpaired) electrons. The van der Waals surface area contributed by atoms with Gasteiger partial charge in [0.25, 0.3) is 0 Å². The van der Waals surface area contributed by atoms with Crippen molar-refractivity contribution in [2.45, 2.75) is 31.1 Å². The number of aromatic nitrogens is 2. The summed E-state index contributed by atoms with van der Waals surface area (Å²) in [5.41, 5.74) is 14.0. The van der Waals surface area contributed by atoms with Crippen molar-refractivity contribution >= 4 is 51.4 Å². The summed E-state index contributed by atoms with van der Waals surface area (Å²) in [6.07, 6.45) is 3.44. The lowest BCUT2D eigenvalue weighted by atomic mass is 9.74. The van der Waals surface area contributed by atoms with Gasteiger partial charge < -0.3 is 18.2 Å². The molecular weight excluding hydrogens is 760 g/mol. The number of para-hydroxylation sites is 4. The number of rotatable bonds is 4. The van der Waals surface area contributed by atoms with Gasteiger partial charge in [0.15, 0.2) is 0 Å². The molecule has 10 aromatic rings. The van der Waals surface area contributed by atoms with Gasteiger partial charge in [0.1, 0.15) is 11.5 Å². The maximum Gasteiger partial charge on any atom is 0.584 e. The average Bonchev–Trinajstić information content (AvgIpc) is 4.03. The summed E-state index contributed by atoms with van der Waals surface area (Å²) in [4.78, 5) is 11.9. The van der Waals surface area contributed by atoms with Gasteiger partial charge in [-0.15, -0.1) is 0 Å². The van der Waals surface area contributed by atoms with Crippen LogP contribution >= 0.6 is 7.82 Å². The molecule has 0 saturated carbocycles. The summed E-state index contributed by atoms with van der Waals surface area (Å²) in [6.45, 7) is 0. The van der Waals surface area contributed by atoms with Gasteiger partial charge in [0.05, 0.1) is 22.1 Å². The molecule has 1 N–H and O–H groups in total. The molecule has 2 aliphatic carbocycles. The Bertz CT molecular complexity index is 3270. The first-order valence-corrected chi connectivity index (χ1v) is 22.2. The first-order chi connectivity index (χ1) is 29.5. The Morgan fingerprint density at radius 3 is 1.35 bits per heavy atom. The van der Waals surface area contributed by atoms with Crippen molar-refractivity contribution in [3.05, 3.63) is 192 Å². The van der Waals surface area contributed by atoms with E-state index < -0.39 is 13.2 Å². The number of fused-ring (bicyclic) bond motifs is 6. The van der Waals surface area contributed by atoms with E-state index >= 15 is 0 Å². The van der Waals surface area contributed by atoms with E-state index in [0.29, 0.717) is 11.5 Å². The number of hydrogen-bond donors (Lipinski definition) is 1. The summed E-state index contributed by atoms with van der Waals surface area (Å²) in [6, 6.07) is 59.3. The Hall–Kier alpha value is -6.85. The van der Waals surface area contributed by atoms with E-state index in [1.54, 1.807) is 0 Å². The van der Waals surface area contributed by atoms with Crippen LogP contribution in [0.3, 0.4) is 0 Å². The zero-order valence-corrected chi connectivity index (χ0v) is 33.4. The van der Waals surface area contributed by atoms with Gasteiger partial charge >= 0.3 is 7.82 Å². The molecule has 288 valence electrons. The third kappa shape index (κ3) is 4.72. The lowest BCUT2D eigenvalue weighted by Gasteiger charge is -2.34. The van der Waals surface area contributed by atoms with Crippen molar-refractivity contribution in [3.8, 4) is 45.1 Å². The SMILES string of the molecule is O=P1(O)Oc2c(-c3ccc4c(c3)c3ccccc3n4-c3ccccc3)ccc3c2C2(CC3)CCc3ccc(-c4ccc5c(c4)c4ccccc4n5-c4ccccc4)c(c32)O1.